The molecule has 0 saturated heterocycles. The van der Waals surface area contributed by atoms with Gasteiger partial charge in [-0.05, 0) is 36.9 Å². The van der Waals surface area contributed by atoms with Crippen LogP contribution in [0.25, 0.3) is 0 Å². The molecule has 0 radical (unpaired) electrons. The molecule has 2 rings (SSSR count). The summed E-state index contributed by atoms with van der Waals surface area (Å²) in [7, 11) is 0. The second-order valence-corrected chi connectivity index (χ2v) is 3.97. The van der Waals surface area contributed by atoms with Crippen molar-refractivity contribution < 1.29 is 4.79 Å². The Morgan fingerprint density at radius 1 is 1.67 bits per heavy atom. The van der Waals surface area contributed by atoms with E-state index >= 15 is 0 Å². The monoisotopic (exact) mass is 205 g/mol. The van der Waals surface area contributed by atoms with Crippen LogP contribution in [0.1, 0.15) is 24.4 Å². The average Bonchev–Trinajstić information content (AvgIpc) is 3.03. The van der Waals surface area contributed by atoms with Crippen LogP contribution in [0.3, 0.4) is 0 Å². The van der Waals surface area contributed by atoms with Crippen LogP contribution in [0.15, 0.2) is 24.5 Å². The van der Waals surface area contributed by atoms with Gasteiger partial charge in [0, 0.05) is 12.4 Å². The number of hydrogen-bond acceptors (Lipinski definition) is 3. The lowest BCUT2D eigenvalue weighted by Gasteiger charge is -2.14. The van der Waals surface area contributed by atoms with Crippen molar-refractivity contribution in [3.63, 3.8) is 0 Å². The summed E-state index contributed by atoms with van der Waals surface area (Å²) in [6.45, 7) is 0.864. The molecule has 1 heterocycles. The first kappa shape index (κ1) is 10.1. The van der Waals surface area contributed by atoms with Gasteiger partial charge in [0.05, 0.1) is 0 Å². The van der Waals surface area contributed by atoms with Crippen molar-refractivity contribution in [1.29, 1.82) is 0 Å². The third-order valence-electron chi connectivity index (χ3n) is 2.61. The molecule has 1 saturated carbocycles. The van der Waals surface area contributed by atoms with E-state index in [1.165, 1.54) is 12.8 Å². The number of hydrogen-bond donors (Lipinski definition) is 2. The number of aromatic nitrogens is 1. The van der Waals surface area contributed by atoms with E-state index in [1.54, 1.807) is 12.4 Å². The molecule has 0 aromatic carbocycles. The van der Waals surface area contributed by atoms with Gasteiger partial charge in [0.1, 0.15) is 6.04 Å². The Bertz CT molecular complexity index is 335. The quantitative estimate of drug-likeness (QED) is 0.740. The smallest absolute Gasteiger partial charge is 0.239 e. The van der Waals surface area contributed by atoms with Gasteiger partial charge < -0.3 is 11.1 Å². The zero-order chi connectivity index (χ0) is 10.7. The van der Waals surface area contributed by atoms with Crippen LogP contribution in [-0.4, -0.2) is 17.4 Å². The Morgan fingerprint density at radius 2 is 2.47 bits per heavy atom. The van der Waals surface area contributed by atoms with Crippen molar-refractivity contribution in [3.8, 4) is 0 Å². The lowest BCUT2D eigenvalue weighted by atomic mass is 10.1. The fraction of sp³-hybridized carbons (Fsp3) is 0.455. The van der Waals surface area contributed by atoms with Gasteiger partial charge >= 0.3 is 0 Å². The molecule has 1 unspecified atom stereocenters. The van der Waals surface area contributed by atoms with Crippen LogP contribution in [0.2, 0.25) is 0 Å². The van der Waals surface area contributed by atoms with Gasteiger partial charge in [-0.15, -0.1) is 0 Å². The molecule has 1 aromatic heterocycles. The Hall–Kier alpha value is -1.42. The molecule has 1 fully saturated rings. The van der Waals surface area contributed by atoms with Gasteiger partial charge in [0.25, 0.3) is 0 Å². The predicted molar refractivity (Wildman–Crippen MR) is 56.9 cm³/mol. The number of nitrogens with two attached hydrogens (primary N) is 1. The van der Waals surface area contributed by atoms with Crippen molar-refractivity contribution >= 4 is 5.91 Å². The highest BCUT2D eigenvalue weighted by Crippen LogP contribution is 2.28. The van der Waals surface area contributed by atoms with Crippen LogP contribution < -0.4 is 11.1 Å². The summed E-state index contributed by atoms with van der Waals surface area (Å²) in [6.07, 6.45) is 5.87. The summed E-state index contributed by atoms with van der Waals surface area (Å²) < 4.78 is 0. The lowest BCUT2D eigenvalue weighted by molar-refractivity contribution is -0.120. The van der Waals surface area contributed by atoms with Gasteiger partial charge in [-0.3, -0.25) is 9.78 Å². The number of amides is 1. The highest BCUT2D eigenvalue weighted by Gasteiger charge is 2.24. The first-order valence-electron chi connectivity index (χ1n) is 5.20. The van der Waals surface area contributed by atoms with E-state index in [9.17, 15) is 4.79 Å². The number of pyridine rings is 1. The minimum absolute atomic E-state index is 0.344. The number of rotatable bonds is 5. The Labute approximate surface area is 88.9 Å². The molecule has 1 aliphatic carbocycles. The predicted octanol–water partition coefficient (Wildman–Crippen LogP) is 0.608. The fourth-order valence-corrected chi connectivity index (χ4v) is 1.54. The fourth-order valence-electron chi connectivity index (χ4n) is 1.54. The summed E-state index contributed by atoms with van der Waals surface area (Å²) in [4.78, 5) is 15.2. The SMILES string of the molecule is NC(=O)C(NCC1CC1)c1cccnc1. The van der Waals surface area contributed by atoms with E-state index in [0.29, 0.717) is 0 Å². The van der Waals surface area contributed by atoms with Crippen molar-refractivity contribution in [2.24, 2.45) is 11.7 Å². The van der Waals surface area contributed by atoms with Gasteiger partial charge in [0.15, 0.2) is 0 Å². The highest BCUT2D eigenvalue weighted by molar-refractivity contribution is 5.81. The van der Waals surface area contributed by atoms with Crippen molar-refractivity contribution in [2.45, 2.75) is 18.9 Å². The van der Waals surface area contributed by atoms with Gasteiger partial charge in [-0.25, -0.2) is 0 Å². The molecule has 1 aliphatic rings. The maximum absolute atomic E-state index is 11.3. The first-order chi connectivity index (χ1) is 7.27. The van der Waals surface area contributed by atoms with E-state index in [0.717, 1.165) is 18.0 Å². The molecular weight excluding hydrogens is 190 g/mol. The summed E-state index contributed by atoms with van der Waals surface area (Å²) in [5.41, 5.74) is 6.18. The van der Waals surface area contributed by atoms with Crippen molar-refractivity contribution in [2.75, 3.05) is 6.54 Å². The normalized spacial score (nSPS) is 17.3. The molecule has 4 heteroatoms. The largest absolute Gasteiger partial charge is 0.368 e. The zero-order valence-corrected chi connectivity index (χ0v) is 8.52. The topological polar surface area (TPSA) is 68.0 Å². The number of nitrogens with zero attached hydrogens (tertiary/aromatic N) is 1. The zero-order valence-electron chi connectivity index (χ0n) is 8.52. The van der Waals surface area contributed by atoms with Gasteiger partial charge in [-0.2, -0.15) is 0 Å². The molecule has 1 amide bonds. The number of carbonyl (C=O) groups is 1. The third kappa shape index (κ3) is 2.76. The van der Waals surface area contributed by atoms with E-state index in [-0.39, 0.29) is 5.91 Å². The Balaban J connectivity index is 2.01. The summed E-state index contributed by atoms with van der Waals surface area (Å²) in [6, 6.07) is 3.27. The van der Waals surface area contributed by atoms with Crippen LogP contribution in [-0.2, 0) is 4.79 Å². The average molecular weight is 205 g/mol. The van der Waals surface area contributed by atoms with Gasteiger partial charge in [0.2, 0.25) is 5.91 Å². The van der Waals surface area contributed by atoms with Crippen LogP contribution in [0.5, 0.6) is 0 Å². The molecule has 0 spiro atoms. The minimum atomic E-state index is -0.403. The summed E-state index contributed by atoms with van der Waals surface area (Å²) in [5.74, 6) is 0.382. The molecule has 0 bridgehead atoms. The second kappa shape index (κ2) is 4.40. The third-order valence-corrected chi connectivity index (χ3v) is 2.61. The number of primary amides is 1. The minimum Gasteiger partial charge on any atom is -0.368 e. The Morgan fingerprint density at radius 3 is 3.00 bits per heavy atom. The van der Waals surface area contributed by atoms with Crippen molar-refractivity contribution in [3.05, 3.63) is 30.1 Å². The number of carbonyl (C=O) groups excluding carboxylic acids is 1. The molecule has 1 aromatic rings. The maximum Gasteiger partial charge on any atom is 0.239 e. The first-order valence-corrected chi connectivity index (χ1v) is 5.20. The molecule has 4 nitrogen and oxygen atoms in total. The standard InChI is InChI=1S/C11H15N3O/c12-11(15)10(14-6-8-3-4-8)9-2-1-5-13-7-9/h1-2,5,7-8,10,14H,3-4,6H2,(H2,12,15). The molecular formula is C11H15N3O. The van der Waals surface area contributed by atoms with E-state index in [4.69, 9.17) is 5.73 Å². The van der Waals surface area contributed by atoms with Crippen LogP contribution >= 0.6 is 0 Å². The Kier molecular flexibility index (Phi) is 2.97. The maximum atomic E-state index is 11.3. The van der Waals surface area contributed by atoms with E-state index < -0.39 is 6.04 Å². The van der Waals surface area contributed by atoms with E-state index in [1.807, 2.05) is 12.1 Å². The van der Waals surface area contributed by atoms with E-state index in [2.05, 4.69) is 10.3 Å². The summed E-state index contributed by atoms with van der Waals surface area (Å²) in [5, 5.41) is 3.18. The van der Waals surface area contributed by atoms with Crippen LogP contribution in [0, 0.1) is 5.92 Å². The molecule has 80 valence electrons. The van der Waals surface area contributed by atoms with Crippen LogP contribution in [0.4, 0.5) is 0 Å². The molecule has 15 heavy (non-hydrogen) atoms. The molecule has 0 aliphatic heterocycles. The highest BCUT2D eigenvalue weighted by atomic mass is 16.1. The van der Waals surface area contributed by atoms with Gasteiger partial charge in [-0.1, -0.05) is 6.07 Å². The number of nitrogens with one attached hydrogen (secondary N) is 1. The molecule has 3 N–H and O–H groups in total. The second-order valence-electron chi connectivity index (χ2n) is 3.97. The lowest BCUT2D eigenvalue weighted by Crippen LogP contribution is -2.34. The van der Waals surface area contributed by atoms with Crippen molar-refractivity contribution in [1.82, 2.24) is 10.3 Å². The summed E-state index contributed by atoms with van der Waals surface area (Å²) >= 11 is 0. The molecule has 1 atom stereocenters.